The Hall–Kier alpha value is -2.15. The predicted octanol–water partition coefficient (Wildman–Crippen LogP) is 4.39. The Balaban J connectivity index is 0.00000280. The lowest BCUT2D eigenvalue weighted by Crippen LogP contribution is -2.37. The monoisotopic (exact) mass is 419 g/mol. The van der Waals surface area contributed by atoms with Crippen molar-refractivity contribution in [2.45, 2.75) is 13.3 Å². The van der Waals surface area contributed by atoms with Crippen LogP contribution in [-0.2, 0) is 4.79 Å². The summed E-state index contributed by atoms with van der Waals surface area (Å²) in [6.07, 6.45) is 0.317. The zero-order valence-electron chi connectivity index (χ0n) is 16.4. The number of carbonyl (C=O) groups excluding carboxylic acids is 1. The van der Waals surface area contributed by atoms with Crippen molar-refractivity contribution in [3.8, 4) is 5.75 Å². The van der Waals surface area contributed by atoms with E-state index >= 15 is 0 Å². The van der Waals surface area contributed by atoms with Crippen LogP contribution < -0.4 is 9.64 Å². The number of hydrogen-bond donors (Lipinski definition) is 0. The van der Waals surface area contributed by atoms with Crippen molar-refractivity contribution in [3.63, 3.8) is 0 Å². The highest BCUT2D eigenvalue weighted by Gasteiger charge is 2.20. The van der Waals surface area contributed by atoms with E-state index in [-0.39, 0.29) is 18.3 Å². The number of halogens is 1. The number of ether oxygens (including phenoxy) is 1. The summed E-state index contributed by atoms with van der Waals surface area (Å²) >= 11 is 1.56. The quantitative estimate of drug-likeness (QED) is 0.543. The third-order valence-corrected chi connectivity index (χ3v) is 5.28. The molecule has 0 saturated heterocycles. The first-order valence-corrected chi connectivity index (χ1v) is 9.85. The third kappa shape index (κ3) is 5.67. The van der Waals surface area contributed by atoms with E-state index in [2.05, 4.69) is 11.0 Å². The fraction of sp³-hybridized carbons (Fsp3) is 0.333. The summed E-state index contributed by atoms with van der Waals surface area (Å²) in [5.74, 6) is 0.810. The molecule has 3 rings (SSSR count). The second-order valence-electron chi connectivity index (χ2n) is 6.68. The second-order valence-corrected chi connectivity index (χ2v) is 7.69. The average molecular weight is 420 g/mol. The summed E-state index contributed by atoms with van der Waals surface area (Å²) < 4.78 is 6.80. The van der Waals surface area contributed by atoms with E-state index in [4.69, 9.17) is 9.72 Å². The molecule has 0 radical (unpaired) electrons. The first-order chi connectivity index (χ1) is 13.0. The molecule has 7 heteroatoms. The van der Waals surface area contributed by atoms with Gasteiger partial charge in [-0.15, -0.1) is 12.4 Å². The molecule has 28 heavy (non-hydrogen) atoms. The molecule has 0 N–H and O–H groups in total. The molecule has 1 aromatic heterocycles. The topological polar surface area (TPSA) is 45.7 Å². The van der Waals surface area contributed by atoms with Crippen LogP contribution in [0.15, 0.2) is 48.5 Å². The molecule has 5 nitrogen and oxygen atoms in total. The Morgan fingerprint density at radius 1 is 1.07 bits per heavy atom. The van der Waals surface area contributed by atoms with E-state index in [0.717, 1.165) is 33.2 Å². The van der Waals surface area contributed by atoms with Crippen LogP contribution in [0.5, 0.6) is 5.75 Å². The summed E-state index contributed by atoms with van der Waals surface area (Å²) in [6.45, 7) is 3.78. The van der Waals surface area contributed by atoms with Gasteiger partial charge >= 0.3 is 0 Å². The summed E-state index contributed by atoms with van der Waals surface area (Å²) in [4.78, 5) is 21.5. The summed E-state index contributed by atoms with van der Waals surface area (Å²) in [5, 5.41) is 0.755. The zero-order valence-corrected chi connectivity index (χ0v) is 18.1. The number of aryl methyl sites for hydroxylation is 1. The Morgan fingerprint density at radius 3 is 2.50 bits per heavy atom. The lowest BCUT2D eigenvalue weighted by molar-refractivity contribution is -0.119. The molecule has 0 unspecified atom stereocenters. The van der Waals surface area contributed by atoms with Gasteiger partial charge in [-0.1, -0.05) is 41.7 Å². The van der Waals surface area contributed by atoms with E-state index < -0.39 is 0 Å². The number of amides is 1. The minimum Gasteiger partial charge on any atom is -0.493 e. The molecule has 0 saturated carbocycles. The van der Waals surface area contributed by atoms with Crippen molar-refractivity contribution < 1.29 is 9.53 Å². The van der Waals surface area contributed by atoms with Gasteiger partial charge in [0.05, 0.1) is 23.2 Å². The molecule has 0 spiro atoms. The Bertz CT molecular complexity index is 899. The first kappa shape index (κ1) is 22.1. The van der Waals surface area contributed by atoms with Crippen LogP contribution in [0.3, 0.4) is 0 Å². The van der Waals surface area contributed by atoms with Gasteiger partial charge in [0.1, 0.15) is 5.75 Å². The van der Waals surface area contributed by atoms with Gasteiger partial charge in [0.2, 0.25) is 5.91 Å². The normalized spacial score (nSPS) is 10.7. The second kappa shape index (κ2) is 10.4. The molecule has 0 atom stereocenters. The molecule has 0 bridgehead atoms. The van der Waals surface area contributed by atoms with Gasteiger partial charge in [-0.2, -0.15) is 0 Å². The SMILES string of the molecule is Cc1cccc2sc(N(CCN(C)C)C(=O)CCOc3ccccc3)nc12.Cl. The number of likely N-dealkylation sites (N-methyl/N-ethyl adjacent to an activating group) is 1. The van der Waals surface area contributed by atoms with Crippen molar-refractivity contribution in [3.05, 3.63) is 54.1 Å². The molecular formula is C21H26ClN3O2S. The number of carbonyl (C=O) groups is 1. The smallest absolute Gasteiger partial charge is 0.232 e. The largest absolute Gasteiger partial charge is 0.493 e. The van der Waals surface area contributed by atoms with Crippen LogP contribution in [0.25, 0.3) is 10.2 Å². The average Bonchev–Trinajstić information content (AvgIpc) is 3.08. The highest BCUT2D eigenvalue weighted by Crippen LogP contribution is 2.30. The summed E-state index contributed by atoms with van der Waals surface area (Å²) in [5.41, 5.74) is 2.10. The Morgan fingerprint density at radius 2 is 1.82 bits per heavy atom. The lowest BCUT2D eigenvalue weighted by Gasteiger charge is -2.22. The van der Waals surface area contributed by atoms with Gasteiger partial charge in [-0.25, -0.2) is 4.98 Å². The van der Waals surface area contributed by atoms with Crippen molar-refractivity contribution in [2.24, 2.45) is 0 Å². The first-order valence-electron chi connectivity index (χ1n) is 9.03. The van der Waals surface area contributed by atoms with Gasteiger partial charge in [-0.05, 0) is 44.8 Å². The number of fused-ring (bicyclic) bond motifs is 1. The van der Waals surface area contributed by atoms with E-state index in [9.17, 15) is 4.79 Å². The van der Waals surface area contributed by atoms with Crippen molar-refractivity contribution in [1.82, 2.24) is 9.88 Å². The van der Waals surface area contributed by atoms with Crippen LogP contribution in [0, 0.1) is 6.92 Å². The maximum atomic E-state index is 12.9. The van der Waals surface area contributed by atoms with E-state index in [0.29, 0.717) is 19.6 Å². The minimum atomic E-state index is 0. The van der Waals surface area contributed by atoms with Crippen LogP contribution in [0.2, 0.25) is 0 Å². The number of hydrogen-bond acceptors (Lipinski definition) is 5. The molecule has 150 valence electrons. The van der Waals surface area contributed by atoms with Gasteiger partial charge in [-0.3, -0.25) is 9.69 Å². The fourth-order valence-corrected chi connectivity index (χ4v) is 3.81. The zero-order chi connectivity index (χ0) is 19.2. The van der Waals surface area contributed by atoms with Gasteiger partial charge < -0.3 is 9.64 Å². The van der Waals surface area contributed by atoms with Crippen molar-refractivity contribution in [1.29, 1.82) is 0 Å². The molecule has 3 aromatic rings. The number of aromatic nitrogens is 1. The maximum Gasteiger partial charge on any atom is 0.232 e. The van der Waals surface area contributed by atoms with Gasteiger partial charge in [0.15, 0.2) is 5.13 Å². The number of anilines is 1. The van der Waals surface area contributed by atoms with E-state index in [1.54, 1.807) is 16.2 Å². The molecule has 0 fully saturated rings. The van der Waals surface area contributed by atoms with Gasteiger partial charge in [0.25, 0.3) is 0 Å². The van der Waals surface area contributed by atoms with Crippen LogP contribution in [-0.4, -0.2) is 49.6 Å². The van der Waals surface area contributed by atoms with E-state index in [1.165, 1.54) is 0 Å². The molecule has 0 aliphatic rings. The molecule has 1 amide bonds. The molecule has 2 aromatic carbocycles. The maximum absolute atomic E-state index is 12.9. The molecule has 0 aliphatic carbocycles. The summed E-state index contributed by atoms with van der Waals surface area (Å²) in [7, 11) is 4.01. The standard InChI is InChI=1S/C21H25N3O2S.ClH/c1-16-8-7-11-18-20(16)22-21(27-18)24(14-13-23(2)3)19(25)12-15-26-17-9-5-4-6-10-17;/h4-11H,12-15H2,1-3H3;1H. The van der Waals surface area contributed by atoms with Crippen LogP contribution >= 0.6 is 23.7 Å². The summed E-state index contributed by atoms with van der Waals surface area (Å²) in [6, 6.07) is 15.7. The fourth-order valence-electron chi connectivity index (χ4n) is 2.72. The Labute approximate surface area is 176 Å². The number of thiazole rings is 1. The van der Waals surface area contributed by atoms with Crippen molar-refractivity contribution >= 4 is 45.0 Å². The number of rotatable bonds is 8. The number of nitrogens with zero attached hydrogens (tertiary/aromatic N) is 3. The lowest BCUT2D eigenvalue weighted by atomic mass is 10.2. The van der Waals surface area contributed by atoms with Gasteiger partial charge in [0, 0.05) is 13.1 Å². The molecule has 0 aliphatic heterocycles. The van der Waals surface area contributed by atoms with Crippen LogP contribution in [0.4, 0.5) is 5.13 Å². The number of para-hydroxylation sites is 2. The Kier molecular flexibility index (Phi) is 8.23. The third-order valence-electron chi connectivity index (χ3n) is 4.24. The number of benzene rings is 2. The molecular weight excluding hydrogens is 394 g/mol. The molecule has 1 heterocycles. The van der Waals surface area contributed by atoms with E-state index in [1.807, 2.05) is 63.5 Å². The predicted molar refractivity (Wildman–Crippen MR) is 119 cm³/mol. The van der Waals surface area contributed by atoms with Crippen LogP contribution in [0.1, 0.15) is 12.0 Å². The minimum absolute atomic E-state index is 0. The highest BCUT2D eigenvalue weighted by atomic mass is 35.5. The highest BCUT2D eigenvalue weighted by molar-refractivity contribution is 7.22. The van der Waals surface area contributed by atoms with Crippen molar-refractivity contribution in [2.75, 3.05) is 38.7 Å².